The van der Waals surface area contributed by atoms with Crippen molar-refractivity contribution in [3.63, 3.8) is 0 Å². The van der Waals surface area contributed by atoms with Crippen LogP contribution in [0.15, 0.2) is 49.6 Å². The highest BCUT2D eigenvalue weighted by Crippen LogP contribution is 2.17. The summed E-state index contributed by atoms with van der Waals surface area (Å²) in [6.07, 6.45) is 4.40. The largest absolute Gasteiger partial charge is 0.481 e. The van der Waals surface area contributed by atoms with E-state index in [-0.39, 0.29) is 6.42 Å². The molecule has 0 saturated carbocycles. The van der Waals surface area contributed by atoms with Crippen LogP contribution in [0, 0.1) is 0 Å². The Hall–Kier alpha value is -2.03. The summed E-state index contributed by atoms with van der Waals surface area (Å²) >= 11 is 0. The second kappa shape index (κ2) is 7.33. The summed E-state index contributed by atoms with van der Waals surface area (Å²) in [6, 6.07) is 7.94. The van der Waals surface area contributed by atoms with E-state index in [0.717, 1.165) is 24.3 Å². The molecule has 0 amide bonds. The molecule has 3 nitrogen and oxygen atoms in total. The van der Waals surface area contributed by atoms with Gasteiger partial charge in [0.15, 0.2) is 0 Å². The van der Waals surface area contributed by atoms with E-state index in [2.05, 4.69) is 18.1 Å². The molecule has 0 spiro atoms. The minimum absolute atomic E-state index is 0.159. The van der Waals surface area contributed by atoms with Crippen LogP contribution in [0.3, 0.4) is 0 Å². The van der Waals surface area contributed by atoms with E-state index in [1.807, 2.05) is 36.4 Å². The molecule has 0 aromatic heterocycles. The fraction of sp³-hybridized carbons (Fsp3) is 0.267. The highest BCUT2D eigenvalue weighted by Gasteiger charge is 2.05. The maximum absolute atomic E-state index is 10.6. The van der Waals surface area contributed by atoms with Gasteiger partial charge in [-0.25, -0.2) is 0 Å². The van der Waals surface area contributed by atoms with Crippen LogP contribution in [0.25, 0.3) is 0 Å². The average Bonchev–Trinajstić information content (AvgIpc) is 2.36. The van der Waals surface area contributed by atoms with Crippen LogP contribution < -0.4 is 4.90 Å². The minimum atomic E-state index is -0.769. The maximum atomic E-state index is 10.6. The van der Waals surface area contributed by atoms with Crippen LogP contribution in [0.5, 0.6) is 0 Å². The van der Waals surface area contributed by atoms with Crippen molar-refractivity contribution < 1.29 is 9.90 Å². The summed E-state index contributed by atoms with van der Waals surface area (Å²) < 4.78 is 0. The van der Waals surface area contributed by atoms with E-state index in [1.54, 1.807) is 0 Å². The fourth-order valence-corrected chi connectivity index (χ4v) is 1.76. The second-order valence-corrected chi connectivity index (χ2v) is 4.05. The fourth-order valence-electron chi connectivity index (χ4n) is 1.76. The molecule has 0 unspecified atom stereocenters. The molecular weight excluding hydrogens is 226 g/mol. The number of benzene rings is 1. The molecule has 0 radical (unpaired) electrons. The summed E-state index contributed by atoms with van der Waals surface area (Å²) in [5.41, 5.74) is 2.10. The Bertz CT molecular complexity index is 416. The van der Waals surface area contributed by atoms with E-state index < -0.39 is 5.97 Å². The van der Waals surface area contributed by atoms with Gasteiger partial charge in [-0.15, -0.1) is 13.2 Å². The normalized spacial score (nSPS) is 9.78. The molecule has 0 heterocycles. The van der Waals surface area contributed by atoms with Crippen molar-refractivity contribution in [1.82, 2.24) is 0 Å². The number of hydrogen-bond donors (Lipinski definition) is 1. The van der Waals surface area contributed by atoms with Crippen molar-refractivity contribution in [3.05, 3.63) is 55.1 Å². The Labute approximate surface area is 108 Å². The molecule has 3 heteroatoms. The van der Waals surface area contributed by atoms with Gasteiger partial charge in [-0.2, -0.15) is 0 Å². The molecule has 0 aliphatic carbocycles. The minimum Gasteiger partial charge on any atom is -0.481 e. The van der Waals surface area contributed by atoms with Crippen LogP contribution in [-0.2, 0) is 11.2 Å². The lowest BCUT2D eigenvalue weighted by Crippen LogP contribution is -2.23. The standard InChI is InChI=1S/C15H19NO2/c1-3-10-16(11-4-2)14-7-5-6-13(12-14)8-9-15(17)18/h3-7,12H,1-2,8-11H2,(H,17,18). The number of carboxylic acid groups (broad SMARTS) is 1. The summed E-state index contributed by atoms with van der Waals surface area (Å²) in [5, 5.41) is 8.68. The van der Waals surface area contributed by atoms with E-state index in [4.69, 9.17) is 5.11 Å². The van der Waals surface area contributed by atoms with Gasteiger partial charge in [0.25, 0.3) is 0 Å². The first-order valence-corrected chi connectivity index (χ1v) is 5.95. The zero-order chi connectivity index (χ0) is 13.4. The lowest BCUT2D eigenvalue weighted by atomic mass is 10.1. The van der Waals surface area contributed by atoms with E-state index in [0.29, 0.717) is 6.42 Å². The van der Waals surface area contributed by atoms with Crippen LogP contribution in [0.1, 0.15) is 12.0 Å². The zero-order valence-corrected chi connectivity index (χ0v) is 10.5. The second-order valence-electron chi connectivity index (χ2n) is 4.05. The molecule has 0 bridgehead atoms. The first-order chi connectivity index (χ1) is 8.67. The summed E-state index contributed by atoms with van der Waals surface area (Å²) in [5.74, 6) is -0.769. The van der Waals surface area contributed by atoms with E-state index in [9.17, 15) is 4.79 Å². The molecule has 0 aliphatic heterocycles. The van der Waals surface area contributed by atoms with Crippen molar-refractivity contribution in [1.29, 1.82) is 0 Å². The van der Waals surface area contributed by atoms with Gasteiger partial charge >= 0.3 is 5.97 Å². The Kier molecular flexibility index (Phi) is 5.71. The molecule has 0 fully saturated rings. The Balaban J connectivity index is 2.80. The molecular formula is C15H19NO2. The van der Waals surface area contributed by atoms with Gasteiger partial charge < -0.3 is 10.0 Å². The van der Waals surface area contributed by atoms with Gasteiger partial charge in [0.1, 0.15) is 0 Å². The third-order valence-corrected chi connectivity index (χ3v) is 2.60. The van der Waals surface area contributed by atoms with Gasteiger partial charge in [0.2, 0.25) is 0 Å². The highest BCUT2D eigenvalue weighted by molar-refractivity contribution is 5.67. The number of nitrogens with zero attached hydrogens (tertiary/aromatic N) is 1. The predicted molar refractivity (Wildman–Crippen MR) is 75.0 cm³/mol. The van der Waals surface area contributed by atoms with E-state index in [1.165, 1.54) is 0 Å². The maximum Gasteiger partial charge on any atom is 0.303 e. The van der Waals surface area contributed by atoms with Crippen LogP contribution >= 0.6 is 0 Å². The van der Waals surface area contributed by atoms with Crippen molar-refractivity contribution in [2.75, 3.05) is 18.0 Å². The van der Waals surface area contributed by atoms with Gasteiger partial charge in [-0.3, -0.25) is 4.79 Å². The molecule has 0 saturated heterocycles. The van der Waals surface area contributed by atoms with E-state index >= 15 is 0 Å². The summed E-state index contributed by atoms with van der Waals surface area (Å²) in [6.45, 7) is 8.96. The van der Waals surface area contributed by atoms with Crippen molar-refractivity contribution in [2.24, 2.45) is 0 Å². The Morgan fingerprint density at radius 3 is 2.50 bits per heavy atom. The number of rotatable bonds is 8. The monoisotopic (exact) mass is 245 g/mol. The smallest absolute Gasteiger partial charge is 0.303 e. The third-order valence-electron chi connectivity index (χ3n) is 2.60. The molecule has 1 aromatic rings. The van der Waals surface area contributed by atoms with Crippen molar-refractivity contribution >= 4 is 11.7 Å². The lowest BCUT2D eigenvalue weighted by Gasteiger charge is -2.22. The van der Waals surface area contributed by atoms with Crippen LogP contribution in [0.2, 0.25) is 0 Å². The molecule has 0 atom stereocenters. The van der Waals surface area contributed by atoms with Crippen LogP contribution in [0.4, 0.5) is 5.69 Å². The van der Waals surface area contributed by atoms with Gasteiger partial charge in [-0.1, -0.05) is 24.3 Å². The molecule has 1 aromatic carbocycles. The zero-order valence-electron chi connectivity index (χ0n) is 10.5. The van der Waals surface area contributed by atoms with Gasteiger partial charge in [0, 0.05) is 25.2 Å². The Morgan fingerprint density at radius 1 is 1.28 bits per heavy atom. The quantitative estimate of drug-likeness (QED) is 0.716. The molecule has 0 aliphatic rings. The van der Waals surface area contributed by atoms with Crippen molar-refractivity contribution in [3.8, 4) is 0 Å². The lowest BCUT2D eigenvalue weighted by molar-refractivity contribution is -0.136. The first kappa shape index (κ1) is 14.0. The predicted octanol–water partition coefficient (Wildman–Crippen LogP) is 2.88. The van der Waals surface area contributed by atoms with Crippen LogP contribution in [-0.4, -0.2) is 24.2 Å². The van der Waals surface area contributed by atoms with Crippen molar-refractivity contribution in [2.45, 2.75) is 12.8 Å². The third kappa shape index (κ3) is 4.45. The number of hydrogen-bond acceptors (Lipinski definition) is 2. The van der Waals surface area contributed by atoms with Gasteiger partial charge in [0.05, 0.1) is 0 Å². The number of carbonyl (C=O) groups is 1. The topological polar surface area (TPSA) is 40.5 Å². The molecule has 1 rings (SSSR count). The van der Waals surface area contributed by atoms with Gasteiger partial charge in [-0.05, 0) is 24.1 Å². The average molecular weight is 245 g/mol. The summed E-state index contributed by atoms with van der Waals surface area (Å²) in [4.78, 5) is 12.7. The number of carboxylic acids is 1. The summed E-state index contributed by atoms with van der Waals surface area (Å²) in [7, 11) is 0. The SMILES string of the molecule is C=CCN(CC=C)c1cccc(CCC(=O)O)c1. The number of aryl methyl sites for hydroxylation is 1. The molecule has 96 valence electrons. The Morgan fingerprint density at radius 2 is 1.94 bits per heavy atom. The number of anilines is 1. The highest BCUT2D eigenvalue weighted by atomic mass is 16.4. The molecule has 18 heavy (non-hydrogen) atoms. The first-order valence-electron chi connectivity index (χ1n) is 5.95. The molecule has 1 N–H and O–H groups in total. The number of aliphatic carboxylic acids is 1.